The first kappa shape index (κ1) is 14.6. The first-order valence-electron chi connectivity index (χ1n) is 6.32. The second-order valence-corrected chi connectivity index (χ2v) is 6.75. The molecule has 3 rings (SSSR count). The van der Waals surface area contributed by atoms with Gasteiger partial charge in [-0.15, -0.1) is 0 Å². The summed E-state index contributed by atoms with van der Waals surface area (Å²) in [6, 6.07) is 0. The van der Waals surface area contributed by atoms with Gasteiger partial charge >= 0.3 is 7.80 Å². The summed E-state index contributed by atoms with van der Waals surface area (Å²) in [6.07, 6.45) is 1.44. The van der Waals surface area contributed by atoms with E-state index in [4.69, 9.17) is 26.8 Å². The third kappa shape index (κ3) is 3.13. The Morgan fingerprint density at radius 1 is 1.57 bits per heavy atom. The van der Waals surface area contributed by atoms with E-state index in [0.717, 1.165) is 0 Å². The topological polar surface area (TPSA) is 105 Å². The van der Waals surface area contributed by atoms with E-state index in [1.807, 2.05) is 0 Å². The van der Waals surface area contributed by atoms with Crippen LogP contribution in [-0.4, -0.2) is 51.3 Å². The number of aromatic nitrogens is 4. The highest BCUT2D eigenvalue weighted by molar-refractivity contribution is 7.43. The Hall–Kier alpha value is -1.34. The van der Waals surface area contributed by atoms with E-state index < -0.39 is 14.1 Å². The molecule has 0 bridgehead atoms. The summed E-state index contributed by atoms with van der Waals surface area (Å²) in [7, 11) is -1.29. The van der Waals surface area contributed by atoms with Crippen molar-refractivity contribution < 1.29 is 14.0 Å². The second-order valence-electron chi connectivity index (χ2n) is 4.77. The summed E-state index contributed by atoms with van der Waals surface area (Å²) < 4.78 is 24.1. The lowest BCUT2D eigenvalue weighted by molar-refractivity contribution is -0.0415. The van der Waals surface area contributed by atoms with Crippen LogP contribution in [0, 0.1) is 0 Å². The predicted molar refractivity (Wildman–Crippen MR) is 77.8 cm³/mol. The molecule has 0 radical (unpaired) electrons. The van der Waals surface area contributed by atoms with Crippen LogP contribution >= 0.6 is 19.4 Å². The smallest absolute Gasteiger partial charge is 0.340 e. The SMILES string of the molecule is C[P+](=O)CC1OCC(Cn2cnc3c(Cl)nc(N)nc32)O1. The van der Waals surface area contributed by atoms with Crippen LogP contribution in [0.15, 0.2) is 6.33 Å². The van der Waals surface area contributed by atoms with E-state index in [1.165, 1.54) is 0 Å². The molecule has 1 aliphatic heterocycles. The van der Waals surface area contributed by atoms with E-state index in [9.17, 15) is 4.57 Å². The number of hydrogen-bond acceptors (Lipinski definition) is 7. The number of hydrogen-bond donors (Lipinski definition) is 1. The van der Waals surface area contributed by atoms with Crippen LogP contribution in [0.3, 0.4) is 0 Å². The van der Waals surface area contributed by atoms with Crippen LogP contribution in [0.2, 0.25) is 5.15 Å². The molecule has 2 N–H and O–H groups in total. The third-order valence-electron chi connectivity index (χ3n) is 3.06. The minimum Gasteiger partial charge on any atom is -0.368 e. The zero-order valence-corrected chi connectivity index (χ0v) is 12.9. The Bertz CT molecular complexity index is 694. The van der Waals surface area contributed by atoms with Gasteiger partial charge in [0.1, 0.15) is 18.3 Å². The summed E-state index contributed by atoms with van der Waals surface area (Å²) in [5, 5.41) is 0.223. The Morgan fingerprint density at radius 2 is 2.38 bits per heavy atom. The highest BCUT2D eigenvalue weighted by Gasteiger charge is 2.31. The molecular weight excluding hydrogens is 317 g/mol. The summed E-state index contributed by atoms with van der Waals surface area (Å²) in [6.45, 7) is 2.59. The number of nitrogen functional groups attached to an aromatic ring is 1. The molecule has 10 heteroatoms. The molecular formula is C11H14ClN5O3P+. The Morgan fingerprint density at radius 3 is 3.14 bits per heavy atom. The van der Waals surface area contributed by atoms with Crippen molar-refractivity contribution in [2.45, 2.75) is 18.9 Å². The van der Waals surface area contributed by atoms with Gasteiger partial charge in [0.05, 0.1) is 19.5 Å². The first-order chi connectivity index (χ1) is 10.0. The summed E-state index contributed by atoms with van der Waals surface area (Å²) in [4.78, 5) is 12.2. The van der Waals surface area contributed by atoms with Gasteiger partial charge in [-0.25, -0.2) is 4.98 Å². The molecule has 0 aromatic carbocycles. The molecule has 2 aromatic heterocycles. The minimum absolute atomic E-state index is 0.0960. The fraction of sp³-hybridized carbons (Fsp3) is 0.545. The lowest BCUT2D eigenvalue weighted by Crippen LogP contribution is -2.20. The van der Waals surface area contributed by atoms with E-state index in [0.29, 0.717) is 30.5 Å². The number of halogens is 1. The average Bonchev–Trinajstić information content (AvgIpc) is 2.97. The van der Waals surface area contributed by atoms with Crippen LogP contribution in [0.1, 0.15) is 0 Å². The molecule has 8 nitrogen and oxygen atoms in total. The van der Waals surface area contributed by atoms with Crippen LogP contribution < -0.4 is 5.73 Å². The molecule has 0 aliphatic carbocycles. The normalized spacial score (nSPS) is 22.9. The maximum Gasteiger partial charge on any atom is 0.340 e. The summed E-state index contributed by atoms with van der Waals surface area (Å²) in [5.74, 6) is 0.0960. The van der Waals surface area contributed by atoms with Crippen molar-refractivity contribution in [1.29, 1.82) is 0 Å². The molecule has 0 saturated carbocycles. The number of nitrogens with zero attached hydrogens (tertiary/aromatic N) is 4. The number of imidazole rings is 1. The van der Waals surface area contributed by atoms with Crippen LogP contribution in [0.25, 0.3) is 11.2 Å². The fourth-order valence-corrected chi connectivity index (χ4v) is 3.02. The van der Waals surface area contributed by atoms with Crippen molar-refractivity contribution in [3.8, 4) is 0 Å². The van der Waals surface area contributed by atoms with Gasteiger partial charge in [0, 0.05) is 0 Å². The van der Waals surface area contributed by atoms with Crippen LogP contribution in [0.5, 0.6) is 0 Å². The molecule has 0 amide bonds. The second kappa shape index (κ2) is 5.81. The van der Waals surface area contributed by atoms with Crippen molar-refractivity contribution in [2.75, 3.05) is 25.2 Å². The van der Waals surface area contributed by atoms with Gasteiger partial charge in [0.2, 0.25) is 12.2 Å². The number of anilines is 1. The van der Waals surface area contributed by atoms with Crippen LogP contribution in [-0.2, 0) is 20.6 Å². The number of rotatable bonds is 4. The molecule has 3 atom stereocenters. The number of ether oxygens (including phenoxy) is 2. The summed E-state index contributed by atoms with van der Waals surface area (Å²) >= 11 is 5.98. The number of fused-ring (bicyclic) bond motifs is 1. The van der Waals surface area contributed by atoms with Gasteiger partial charge in [0.25, 0.3) is 0 Å². The first-order valence-corrected chi connectivity index (χ1v) is 8.59. The van der Waals surface area contributed by atoms with Crippen molar-refractivity contribution in [3.63, 3.8) is 0 Å². The molecule has 3 heterocycles. The molecule has 1 fully saturated rings. The van der Waals surface area contributed by atoms with E-state index in [1.54, 1.807) is 17.6 Å². The molecule has 1 aliphatic rings. The van der Waals surface area contributed by atoms with Gasteiger partial charge < -0.3 is 19.8 Å². The van der Waals surface area contributed by atoms with Gasteiger partial charge in [-0.2, -0.15) is 9.97 Å². The Labute approximate surface area is 126 Å². The Kier molecular flexibility index (Phi) is 4.03. The molecule has 3 unspecified atom stereocenters. The molecule has 1 saturated heterocycles. The van der Waals surface area contributed by atoms with Crippen LogP contribution in [0.4, 0.5) is 5.95 Å². The maximum absolute atomic E-state index is 11.2. The van der Waals surface area contributed by atoms with Crippen molar-refractivity contribution in [3.05, 3.63) is 11.5 Å². The standard InChI is InChI=1S/C11H14ClN5O3P/c1-21(18)4-7-19-3-6(20-7)2-17-5-14-8-9(12)15-11(13)16-10(8)17/h5-7H,2-4H2,1H3,(H2,13,15,16)/q+1. The maximum atomic E-state index is 11.2. The van der Waals surface area contributed by atoms with Gasteiger partial charge in [-0.3, -0.25) is 0 Å². The highest BCUT2D eigenvalue weighted by atomic mass is 35.5. The zero-order valence-electron chi connectivity index (χ0n) is 11.3. The largest absolute Gasteiger partial charge is 0.368 e. The zero-order chi connectivity index (χ0) is 15.0. The molecule has 112 valence electrons. The average molecular weight is 331 g/mol. The molecule has 0 spiro atoms. The monoisotopic (exact) mass is 330 g/mol. The Balaban J connectivity index is 1.76. The number of nitrogens with two attached hydrogens (primary N) is 1. The van der Waals surface area contributed by atoms with Crippen molar-refractivity contribution in [1.82, 2.24) is 19.5 Å². The van der Waals surface area contributed by atoms with E-state index in [-0.39, 0.29) is 17.2 Å². The summed E-state index contributed by atoms with van der Waals surface area (Å²) in [5.41, 5.74) is 6.66. The van der Waals surface area contributed by atoms with Gasteiger partial charge in [-0.1, -0.05) is 16.2 Å². The lowest BCUT2D eigenvalue weighted by atomic mass is 10.4. The quantitative estimate of drug-likeness (QED) is 0.664. The molecule has 2 aromatic rings. The highest BCUT2D eigenvalue weighted by Crippen LogP contribution is 2.24. The molecule has 21 heavy (non-hydrogen) atoms. The third-order valence-corrected chi connectivity index (χ3v) is 4.13. The van der Waals surface area contributed by atoms with Crippen molar-refractivity contribution >= 4 is 36.5 Å². The van der Waals surface area contributed by atoms with E-state index >= 15 is 0 Å². The lowest BCUT2D eigenvalue weighted by Gasteiger charge is -2.10. The minimum atomic E-state index is -1.29. The van der Waals surface area contributed by atoms with Gasteiger partial charge in [0.15, 0.2) is 17.0 Å². The van der Waals surface area contributed by atoms with Crippen molar-refractivity contribution in [2.24, 2.45) is 0 Å². The fourth-order valence-electron chi connectivity index (χ4n) is 2.19. The van der Waals surface area contributed by atoms with E-state index in [2.05, 4.69) is 15.0 Å². The predicted octanol–water partition coefficient (Wildman–Crippen LogP) is 1.26. The van der Waals surface area contributed by atoms with Gasteiger partial charge in [-0.05, 0) is 0 Å².